The molecule has 0 spiro atoms. The largest absolute Gasteiger partial charge is 0.309 e. The van der Waals surface area contributed by atoms with Crippen LogP contribution in [0.15, 0.2) is 0 Å². The van der Waals surface area contributed by atoms with Gasteiger partial charge in [-0.05, 0) is 64.5 Å². The molecule has 122 valence electrons. The Hall–Kier alpha value is -0.120. The Morgan fingerprint density at radius 3 is 2.33 bits per heavy atom. The number of likely N-dealkylation sites (N-methyl/N-ethyl adjacent to an activating group) is 1. The molecule has 21 heavy (non-hydrogen) atoms. The molecule has 2 bridgehead atoms. The highest BCUT2D eigenvalue weighted by Gasteiger charge is 2.40. The van der Waals surface area contributed by atoms with Gasteiger partial charge in [-0.25, -0.2) is 0 Å². The van der Waals surface area contributed by atoms with E-state index in [4.69, 9.17) is 0 Å². The van der Waals surface area contributed by atoms with Crippen LogP contribution in [0.3, 0.4) is 0 Å². The Morgan fingerprint density at radius 1 is 1.00 bits per heavy atom. The SMILES string of the molecule is CCN1CCCC(NC2C3CCCC2CN(C(C)C)C3)C1. The summed E-state index contributed by atoms with van der Waals surface area (Å²) in [6, 6.07) is 2.27. The first-order chi connectivity index (χ1) is 10.2. The molecule has 1 N–H and O–H groups in total. The van der Waals surface area contributed by atoms with Crippen LogP contribution in [-0.2, 0) is 0 Å². The van der Waals surface area contributed by atoms with Crippen LogP contribution >= 0.6 is 0 Å². The van der Waals surface area contributed by atoms with Crippen molar-refractivity contribution >= 4 is 0 Å². The summed E-state index contributed by atoms with van der Waals surface area (Å²) in [7, 11) is 0. The van der Waals surface area contributed by atoms with Crippen molar-refractivity contribution in [3.05, 3.63) is 0 Å². The second kappa shape index (κ2) is 6.97. The zero-order valence-corrected chi connectivity index (χ0v) is 14.4. The summed E-state index contributed by atoms with van der Waals surface area (Å²) < 4.78 is 0. The predicted molar refractivity (Wildman–Crippen MR) is 89.6 cm³/mol. The average molecular weight is 293 g/mol. The fraction of sp³-hybridized carbons (Fsp3) is 1.00. The summed E-state index contributed by atoms with van der Waals surface area (Å²) in [5.74, 6) is 1.80. The van der Waals surface area contributed by atoms with Gasteiger partial charge in [0.15, 0.2) is 0 Å². The van der Waals surface area contributed by atoms with E-state index in [9.17, 15) is 0 Å². The van der Waals surface area contributed by atoms with Gasteiger partial charge in [-0.15, -0.1) is 0 Å². The zero-order valence-electron chi connectivity index (χ0n) is 14.4. The summed E-state index contributed by atoms with van der Waals surface area (Å²) in [4.78, 5) is 5.35. The molecule has 3 atom stereocenters. The van der Waals surface area contributed by atoms with Crippen molar-refractivity contribution in [1.29, 1.82) is 0 Å². The topological polar surface area (TPSA) is 18.5 Å². The van der Waals surface area contributed by atoms with Gasteiger partial charge in [0.2, 0.25) is 0 Å². The number of piperidine rings is 2. The van der Waals surface area contributed by atoms with Crippen LogP contribution in [0.4, 0.5) is 0 Å². The van der Waals surface area contributed by atoms with Crippen molar-refractivity contribution in [2.75, 3.05) is 32.7 Å². The van der Waals surface area contributed by atoms with Crippen LogP contribution in [0.1, 0.15) is 52.9 Å². The van der Waals surface area contributed by atoms with Gasteiger partial charge < -0.3 is 15.1 Å². The van der Waals surface area contributed by atoms with Crippen molar-refractivity contribution in [3.8, 4) is 0 Å². The fourth-order valence-corrected chi connectivity index (χ4v) is 4.92. The summed E-state index contributed by atoms with van der Waals surface area (Å²) in [5, 5.41) is 4.12. The van der Waals surface area contributed by atoms with E-state index >= 15 is 0 Å². The minimum Gasteiger partial charge on any atom is -0.309 e. The van der Waals surface area contributed by atoms with Gasteiger partial charge in [0.25, 0.3) is 0 Å². The molecule has 3 aliphatic rings. The maximum absolute atomic E-state index is 4.12. The Morgan fingerprint density at radius 2 is 1.71 bits per heavy atom. The van der Waals surface area contributed by atoms with Crippen molar-refractivity contribution in [1.82, 2.24) is 15.1 Å². The molecule has 2 heterocycles. The van der Waals surface area contributed by atoms with Crippen molar-refractivity contribution in [2.45, 2.75) is 71.0 Å². The summed E-state index contributed by atoms with van der Waals surface area (Å²) in [6.07, 6.45) is 7.13. The zero-order chi connectivity index (χ0) is 14.8. The quantitative estimate of drug-likeness (QED) is 0.859. The standard InChI is InChI=1S/C18H35N3/c1-4-20-10-6-9-17(13-20)19-18-15-7-5-8-16(18)12-21(11-15)14(2)3/h14-19H,4-13H2,1-3H3. The lowest BCUT2D eigenvalue weighted by molar-refractivity contribution is 0.0198. The van der Waals surface area contributed by atoms with Gasteiger partial charge >= 0.3 is 0 Å². The normalized spacial score (nSPS) is 38.9. The molecule has 3 fully saturated rings. The minimum absolute atomic E-state index is 0.722. The third-order valence-corrected chi connectivity index (χ3v) is 6.21. The van der Waals surface area contributed by atoms with Gasteiger partial charge in [-0.1, -0.05) is 13.3 Å². The van der Waals surface area contributed by atoms with Crippen molar-refractivity contribution in [2.24, 2.45) is 11.8 Å². The molecule has 1 aliphatic carbocycles. The molecule has 3 heteroatoms. The van der Waals surface area contributed by atoms with Gasteiger partial charge in [0.05, 0.1) is 0 Å². The molecular weight excluding hydrogens is 258 g/mol. The van der Waals surface area contributed by atoms with Gasteiger partial charge in [0.1, 0.15) is 0 Å². The highest BCUT2D eigenvalue weighted by Crippen LogP contribution is 2.36. The van der Waals surface area contributed by atoms with Crippen molar-refractivity contribution in [3.63, 3.8) is 0 Å². The smallest absolute Gasteiger partial charge is 0.0198 e. The van der Waals surface area contributed by atoms with Crippen LogP contribution in [0, 0.1) is 11.8 Å². The maximum Gasteiger partial charge on any atom is 0.0198 e. The average Bonchev–Trinajstić information content (AvgIpc) is 2.47. The lowest BCUT2D eigenvalue weighted by Crippen LogP contribution is -2.61. The molecule has 0 amide bonds. The number of fused-ring (bicyclic) bond motifs is 2. The summed E-state index contributed by atoms with van der Waals surface area (Å²) in [5.41, 5.74) is 0. The molecular formula is C18H35N3. The number of hydrogen-bond donors (Lipinski definition) is 1. The Balaban J connectivity index is 1.60. The fourth-order valence-electron chi connectivity index (χ4n) is 4.92. The van der Waals surface area contributed by atoms with E-state index in [2.05, 4.69) is 35.9 Å². The molecule has 0 radical (unpaired) electrons. The Bertz CT molecular complexity index is 316. The van der Waals surface area contributed by atoms with E-state index in [0.717, 1.165) is 30.0 Å². The highest BCUT2D eigenvalue weighted by atomic mass is 15.2. The molecule has 2 saturated heterocycles. The van der Waals surface area contributed by atoms with E-state index in [-0.39, 0.29) is 0 Å². The maximum atomic E-state index is 4.12. The Labute approximate surface area is 131 Å². The molecule has 3 rings (SSSR count). The Kier molecular flexibility index (Phi) is 5.23. The van der Waals surface area contributed by atoms with Gasteiger partial charge in [-0.3, -0.25) is 0 Å². The molecule has 2 aliphatic heterocycles. The molecule has 1 saturated carbocycles. The summed E-state index contributed by atoms with van der Waals surface area (Å²) >= 11 is 0. The lowest BCUT2D eigenvalue weighted by Gasteiger charge is -2.50. The van der Waals surface area contributed by atoms with Crippen LogP contribution in [-0.4, -0.2) is 60.6 Å². The van der Waals surface area contributed by atoms with Crippen LogP contribution < -0.4 is 5.32 Å². The van der Waals surface area contributed by atoms with E-state index in [1.807, 2.05) is 0 Å². The van der Waals surface area contributed by atoms with E-state index in [1.54, 1.807) is 0 Å². The molecule has 3 nitrogen and oxygen atoms in total. The number of likely N-dealkylation sites (tertiary alicyclic amines) is 2. The van der Waals surface area contributed by atoms with E-state index < -0.39 is 0 Å². The van der Waals surface area contributed by atoms with Crippen LogP contribution in [0.25, 0.3) is 0 Å². The third-order valence-electron chi connectivity index (χ3n) is 6.21. The summed E-state index contributed by atoms with van der Waals surface area (Å²) in [6.45, 7) is 13.5. The van der Waals surface area contributed by atoms with E-state index in [0.29, 0.717) is 0 Å². The number of nitrogens with one attached hydrogen (secondary N) is 1. The first-order valence-electron chi connectivity index (χ1n) is 9.39. The lowest BCUT2D eigenvalue weighted by atomic mass is 9.72. The molecule has 0 aromatic carbocycles. The third kappa shape index (κ3) is 3.62. The molecule has 3 unspecified atom stereocenters. The number of nitrogens with zero attached hydrogens (tertiary/aromatic N) is 2. The van der Waals surface area contributed by atoms with E-state index in [1.165, 1.54) is 64.8 Å². The number of rotatable bonds is 4. The second-order valence-electron chi connectivity index (χ2n) is 7.92. The van der Waals surface area contributed by atoms with Crippen LogP contribution in [0.2, 0.25) is 0 Å². The first-order valence-corrected chi connectivity index (χ1v) is 9.39. The van der Waals surface area contributed by atoms with Crippen LogP contribution in [0.5, 0.6) is 0 Å². The number of hydrogen-bond acceptors (Lipinski definition) is 3. The first kappa shape index (κ1) is 15.8. The van der Waals surface area contributed by atoms with Gasteiger partial charge in [0, 0.05) is 37.8 Å². The molecule has 0 aromatic rings. The van der Waals surface area contributed by atoms with Gasteiger partial charge in [-0.2, -0.15) is 0 Å². The minimum atomic E-state index is 0.722. The molecule has 0 aromatic heterocycles. The predicted octanol–water partition coefficient (Wildman–Crippen LogP) is 2.57. The highest BCUT2D eigenvalue weighted by molar-refractivity contribution is 4.97. The second-order valence-corrected chi connectivity index (χ2v) is 7.92. The monoisotopic (exact) mass is 293 g/mol. The van der Waals surface area contributed by atoms with Crippen molar-refractivity contribution < 1.29 is 0 Å².